The third-order valence-electron chi connectivity index (χ3n) is 4.79. The van der Waals surface area contributed by atoms with Crippen LogP contribution in [0.5, 0.6) is 0 Å². The maximum Gasteiger partial charge on any atom is 0.332 e. The molecular formula is C20H18N6O5S. The lowest BCUT2D eigenvalue weighted by atomic mass is 10.2. The third kappa shape index (κ3) is 3.95. The first kappa shape index (κ1) is 21.2. The minimum absolute atomic E-state index is 0.0412. The molecule has 0 aliphatic heterocycles. The number of carbonyl (C=O) groups excluding carboxylic acids is 2. The van der Waals surface area contributed by atoms with Crippen LogP contribution in [0.2, 0.25) is 0 Å². The molecule has 0 radical (unpaired) electrons. The second kappa shape index (κ2) is 8.23. The number of nitrogens with zero attached hydrogens (tertiary/aromatic N) is 4. The number of thiazole rings is 1. The lowest BCUT2D eigenvalue weighted by Crippen LogP contribution is -2.37. The Bertz CT molecular complexity index is 1480. The van der Waals surface area contributed by atoms with Gasteiger partial charge in [0.05, 0.1) is 41.2 Å². The molecule has 4 rings (SSSR count). The molecule has 4 heterocycles. The highest BCUT2D eigenvalue weighted by atomic mass is 32.1. The van der Waals surface area contributed by atoms with Crippen LogP contribution in [0.1, 0.15) is 21.8 Å². The van der Waals surface area contributed by atoms with Gasteiger partial charge < -0.3 is 9.73 Å². The Morgan fingerprint density at radius 3 is 2.69 bits per heavy atom. The van der Waals surface area contributed by atoms with Crippen molar-refractivity contribution >= 4 is 45.0 Å². The first-order valence-corrected chi connectivity index (χ1v) is 10.3. The van der Waals surface area contributed by atoms with Crippen LogP contribution < -0.4 is 21.9 Å². The molecule has 4 aromatic heterocycles. The number of anilines is 2. The van der Waals surface area contributed by atoms with E-state index in [4.69, 9.17) is 4.42 Å². The van der Waals surface area contributed by atoms with Crippen LogP contribution in [0, 0.1) is 6.92 Å². The average molecular weight is 454 g/mol. The van der Waals surface area contributed by atoms with Crippen LogP contribution in [0.15, 0.2) is 44.0 Å². The molecule has 0 spiro atoms. The van der Waals surface area contributed by atoms with E-state index in [0.29, 0.717) is 27.8 Å². The van der Waals surface area contributed by atoms with Gasteiger partial charge in [0.25, 0.3) is 11.5 Å². The number of hydrogen-bond acceptors (Lipinski definition) is 8. The van der Waals surface area contributed by atoms with Crippen molar-refractivity contribution in [1.29, 1.82) is 0 Å². The molecule has 0 saturated heterocycles. The monoisotopic (exact) mass is 454 g/mol. The van der Waals surface area contributed by atoms with Crippen LogP contribution >= 0.6 is 11.3 Å². The smallest absolute Gasteiger partial charge is 0.332 e. The first-order chi connectivity index (χ1) is 15.2. The zero-order valence-corrected chi connectivity index (χ0v) is 18.1. The van der Waals surface area contributed by atoms with Gasteiger partial charge in [-0.2, -0.15) is 0 Å². The Hall–Kier alpha value is -4.06. The van der Waals surface area contributed by atoms with Crippen LogP contribution in [0.4, 0.5) is 10.8 Å². The van der Waals surface area contributed by atoms with Crippen LogP contribution in [-0.4, -0.2) is 30.9 Å². The summed E-state index contributed by atoms with van der Waals surface area (Å²) in [6.45, 7) is 1.68. The van der Waals surface area contributed by atoms with E-state index in [-0.39, 0.29) is 29.3 Å². The molecule has 11 nitrogen and oxygen atoms in total. The zero-order chi connectivity index (χ0) is 23.0. The number of furan rings is 1. The fourth-order valence-corrected chi connectivity index (χ4v) is 3.84. The molecule has 4 aromatic rings. The Morgan fingerprint density at radius 2 is 1.97 bits per heavy atom. The summed E-state index contributed by atoms with van der Waals surface area (Å²) in [4.78, 5) is 57.4. The van der Waals surface area contributed by atoms with E-state index >= 15 is 0 Å². The van der Waals surface area contributed by atoms with Crippen molar-refractivity contribution in [3.05, 3.63) is 67.8 Å². The van der Waals surface area contributed by atoms with E-state index in [1.807, 2.05) is 0 Å². The quantitative estimate of drug-likeness (QED) is 0.465. The Kier molecular flexibility index (Phi) is 5.45. The molecule has 0 bridgehead atoms. The highest BCUT2D eigenvalue weighted by Gasteiger charge is 2.15. The largest absolute Gasteiger partial charge is 0.469 e. The molecule has 0 aliphatic rings. The lowest BCUT2D eigenvalue weighted by Gasteiger charge is -2.09. The minimum Gasteiger partial charge on any atom is -0.469 e. The number of fused-ring (bicyclic) bond motifs is 1. The van der Waals surface area contributed by atoms with Gasteiger partial charge in [-0.1, -0.05) is 0 Å². The molecule has 2 N–H and O–H groups in total. The van der Waals surface area contributed by atoms with Crippen molar-refractivity contribution < 1.29 is 14.0 Å². The number of pyridine rings is 1. The van der Waals surface area contributed by atoms with Gasteiger partial charge in [0.2, 0.25) is 5.91 Å². The number of rotatable bonds is 5. The van der Waals surface area contributed by atoms with Crippen molar-refractivity contribution in [2.45, 2.75) is 13.3 Å². The summed E-state index contributed by atoms with van der Waals surface area (Å²) in [6, 6.07) is 3.04. The predicted octanol–water partition coefficient (Wildman–Crippen LogP) is 1.42. The molecule has 0 aromatic carbocycles. The van der Waals surface area contributed by atoms with E-state index < -0.39 is 11.2 Å². The van der Waals surface area contributed by atoms with Gasteiger partial charge in [-0.15, -0.1) is 11.3 Å². The first-order valence-electron chi connectivity index (χ1n) is 9.40. The van der Waals surface area contributed by atoms with Crippen molar-refractivity contribution in [2.24, 2.45) is 14.1 Å². The molecule has 32 heavy (non-hydrogen) atoms. The number of carbonyl (C=O) groups is 2. The van der Waals surface area contributed by atoms with Gasteiger partial charge in [0.1, 0.15) is 11.4 Å². The standard InChI is InChI=1S/C20H18N6O5S/c1-10-13(4-5-31-10)17(28)24-19-23-12(9-32-19)7-15(27)22-11-6-14-16(21-8-11)25(2)20(30)26(3)18(14)29/h4-6,8-9H,7H2,1-3H3,(H,22,27)(H,23,24,28). The zero-order valence-electron chi connectivity index (χ0n) is 17.3. The number of hydrogen-bond donors (Lipinski definition) is 2. The molecule has 0 aliphatic carbocycles. The van der Waals surface area contributed by atoms with Crippen LogP contribution in [-0.2, 0) is 25.3 Å². The summed E-state index contributed by atoms with van der Waals surface area (Å²) in [5.41, 5.74) is 0.438. The SMILES string of the molecule is Cc1occc1C(=O)Nc1nc(CC(=O)Nc2cnc3c(c2)c(=O)n(C)c(=O)n3C)cs1. The third-order valence-corrected chi connectivity index (χ3v) is 5.60. The van der Waals surface area contributed by atoms with Gasteiger partial charge in [0, 0.05) is 19.5 Å². The maximum absolute atomic E-state index is 12.4. The van der Waals surface area contributed by atoms with E-state index in [2.05, 4.69) is 20.6 Å². The summed E-state index contributed by atoms with van der Waals surface area (Å²) >= 11 is 1.20. The topological polar surface area (TPSA) is 141 Å². The number of aryl methyl sites for hydroxylation is 2. The van der Waals surface area contributed by atoms with E-state index in [1.54, 1.807) is 18.4 Å². The molecule has 0 saturated carbocycles. The highest BCUT2D eigenvalue weighted by molar-refractivity contribution is 7.14. The minimum atomic E-state index is -0.501. The van der Waals surface area contributed by atoms with Gasteiger partial charge >= 0.3 is 5.69 Å². The fourth-order valence-electron chi connectivity index (χ4n) is 3.13. The summed E-state index contributed by atoms with van der Waals surface area (Å²) < 4.78 is 7.36. The molecular weight excluding hydrogens is 436 g/mol. The maximum atomic E-state index is 12.4. The van der Waals surface area contributed by atoms with Gasteiger partial charge in [-0.05, 0) is 19.1 Å². The average Bonchev–Trinajstić information content (AvgIpc) is 3.39. The van der Waals surface area contributed by atoms with Crippen LogP contribution in [0.25, 0.3) is 11.0 Å². The van der Waals surface area contributed by atoms with Gasteiger partial charge in [-0.25, -0.2) is 14.8 Å². The fraction of sp³-hybridized carbons (Fsp3) is 0.200. The van der Waals surface area contributed by atoms with E-state index in [0.717, 1.165) is 4.57 Å². The normalized spacial score (nSPS) is 11.0. The Morgan fingerprint density at radius 1 is 1.19 bits per heavy atom. The lowest BCUT2D eigenvalue weighted by molar-refractivity contribution is -0.115. The number of amides is 2. The number of aromatic nitrogens is 4. The molecule has 0 atom stereocenters. The van der Waals surface area contributed by atoms with Gasteiger partial charge in [-0.3, -0.25) is 28.8 Å². The molecule has 12 heteroatoms. The molecule has 2 amide bonds. The van der Waals surface area contributed by atoms with Crippen molar-refractivity contribution in [3.63, 3.8) is 0 Å². The molecule has 0 fully saturated rings. The summed E-state index contributed by atoms with van der Waals surface area (Å²) in [6.07, 6.45) is 2.76. The second-order valence-corrected chi connectivity index (χ2v) is 7.87. The van der Waals surface area contributed by atoms with Crippen molar-refractivity contribution in [3.8, 4) is 0 Å². The van der Waals surface area contributed by atoms with E-state index in [1.165, 1.54) is 48.5 Å². The second-order valence-electron chi connectivity index (χ2n) is 7.01. The number of nitrogens with one attached hydrogen (secondary N) is 2. The van der Waals surface area contributed by atoms with Crippen molar-refractivity contribution in [2.75, 3.05) is 10.6 Å². The summed E-state index contributed by atoms with van der Waals surface area (Å²) in [5, 5.41) is 7.58. The Labute approximate surface area is 184 Å². The Balaban J connectivity index is 1.46. The predicted molar refractivity (Wildman–Crippen MR) is 118 cm³/mol. The summed E-state index contributed by atoms with van der Waals surface area (Å²) in [7, 11) is 2.89. The molecule has 164 valence electrons. The van der Waals surface area contributed by atoms with E-state index in [9.17, 15) is 19.2 Å². The summed E-state index contributed by atoms with van der Waals surface area (Å²) in [5.74, 6) is -0.223. The highest BCUT2D eigenvalue weighted by Crippen LogP contribution is 2.19. The van der Waals surface area contributed by atoms with Crippen molar-refractivity contribution in [1.82, 2.24) is 19.1 Å². The van der Waals surface area contributed by atoms with Crippen LogP contribution in [0.3, 0.4) is 0 Å². The van der Waals surface area contributed by atoms with Gasteiger partial charge in [0.15, 0.2) is 5.13 Å². The molecule has 0 unspecified atom stereocenters.